The van der Waals surface area contributed by atoms with E-state index in [1.807, 2.05) is 0 Å². The molecule has 0 aliphatic heterocycles. The van der Waals surface area contributed by atoms with E-state index in [1.54, 1.807) is 0 Å². The molecule has 16 heavy (non-hydrogen) atoms. The van der Waals surface area contributed by atoms with Gasteiger partial charge in [-0.05, 0) is 53.8 Å². The second-order valence-corrected chi connectivity index (χ2v) is 7.41. The smallest absolute Gasteiger partial charge is 0.0571 e. The number of rotatable bonds is 0. The lowest BCUT2D eigenvalue weighted by molar-refractivity contribution is 0.0587. The summed E-state index contributed by atoms with van der Waals surface area (Å²) >= 11 is 0. The van der Waals surface area contributed by atoms with Crippen molar-refractivity contribution in [3.63, 3.8) is 0 Å². The van der Waals surface area contributed by atoms with E-state index in [4.69, 9.17) is 0 Å². The Morgan fingerprint density at radius 1 is 1.12 bits per heavy atom. The normalized spacial score (nSPS) is 58.7. The standard InChI is InChI=1S/C15H26O/c1-8-5-6-10-9(2)12(16)7-11-14(13(8)10)15(11,3)4/h8-14,16H,5-7H2,1-4H3/t8-,9-,10+,11-,12+,13-,14-/m1/s1. The van der Waals surface area contributed by atoms with Crippen molar-refractivity contribution in [2.24, 2.45) is 40.9 Å². The lowest BCUT2D eigenvalue weighted by Gasteiger charge is -2.30. The van der Waals surface area contributed by atoms with Crippen LogP contribution in [-0.2, 0) is 0 Å². The molecule has 1 N–H and O–H groups in total. The molecule has 3 fully saturated rings. The molecule has 0 aromatic heterocycles. The predicted octanol–water partition coefficient (Wildman–Crippen LogP) is 3.32. The summed E-state index contributed by atoms with van der Waals surface area (Å²) < 4.78 is 0. The lowest BCUT2D eigenvalue weighted by Crippen LogP contribution is -2.29. The van der Waals surface area contributed by atoms with Gasteiger partial charge in [-0.1, -0.05) is 34.1 Å². The van der Waals surface area contributed by atoms with E-state index in [2.05, 4.69) is 27.7 Å². The third kappa shape index (κ3) is 1.27. The van der Waals surface area contributed by atoms with Gasteiger partial charge in [0.2, 0.25) is 0 Å². The summed E-state index contributed by atoms with van der Waals surface area (Å²) in [6, 6.07) is 0. The molecule has 3 rings (SSSR count). The minimum atomic E-state index is -0.0328. The van der Waals surface area contributed by atoms with Gasteiger partial charge in [-0.25, -0.2) is 0 Å². The van der Waals surface area contributed by atoms with Crippen LogP contribution in [0.5, 0.6) is 0 Å². The van der Waals surface area contributed by atoms with Crippen molar-refractivity contribution in [3.8, 4) is 0 Å². The minimum absolute atomic E-state index is 0.0328. The highest BCUT2D eigenvalue weighted by Gasteiger charge is 2.65. The number of fused-ring (bicyclic) bond motifs is 3. The van der Waals surface area contributed by atoms with Crippen molar-refractivity contribution in [3.05, 3.63) is 0 Å². The molecule has 0 aromatic rings. The molecule has 92 valence electrons. The molecular weight excluding hydrogens is 196 g/mol. The van der Waals surface area contributed by atoms with Crippen LogP contribution in [0.4, 0.5) is 0 Å². The number of hydrogen-bond acceptors (Lipinski definition) is 1. The van der Waals surface area contributed by atoms with Crippen LogP contribution >= 0.6 is 0 Å². The minimum Gasteiger partial charge on any atom is -0.393 e. The summed E-state index contributed by atoms with van der Waals surface area (Å²) in [5.74, 6) is 4.87. The molecule has 1 heteroatoms. The molecule has 0 spiro atoms. The zero-order valence-corrected chi connectivity index (χ0v) is 11.1. The van der Waals surface area contributed by atoms with Crippen molar-refractivity contribution in [1.29, 1.82) is 0 Å². The van der Waals surface area contributed by atoms with Crippen molar-refractivity contribution >= 4 is 0 Å². The van der Waals surface area contributed by atoms with Gasteiger partial charge in [-0.15, -0.1) is 0 Å². The summed E-state index contributed by atoms with van der Waals surface area (Å²) in [5, 5.41) is 10.3. The molecule has 3 aliphatic rings. The zero-order chi connectivity index (χ0) is 11.7. The van der Waals surface area contributed by atoms with Crippen LogP contribution < -0.4 is 0 Å². The first-order valence-electron chi connectivity index (χ1n) is 7.12. The van der Waals surface area contributed by atoms with Crippen LogP contribution in [0, 0.1) is 40.9 Å². The molecule has 3 saturated carbocycles. The SMILES string of the molecule is C[C@@H]1[C@@H]2CC[C@@H](C)[C@H]2[C@H]2[C@@H](C[C@@H]1O)C2(C)C. The van der Waals surface area contributed by atoms with E-state index in [0.717, 1.165) is 36.0 Å². The summed E-state index contributed by atoms with van der Waals surface area (Å²) in [6.45, 7) is 9.58. The van der Waals surface area contributed by atoms with E-state index in [9.17, 15) is 5.11 Å². The van der Waals surface area contributed by atoms with Gasteiger partial charge in [0.25, 0.3) is 0 Å². The van der Waals surface area contributed by atoms with E-state index in [0.29, 0.717) is 11.3 Å². The first-order chi connectivity index (χ1) is 7.44. The second kappa shape index (κ2) is 3.25. The second-order valence-electron chi connectivity index (χ2n) is 7.41. The monoisotopic (exact) mass is 222 g/mol. The molecule has 0 radical (unpaired) electrons. The van der Waals surface area contributed by atoms with Crippen molar-refractivity contribution in [2.75, 3.05) is 0 Å². The fraction of sp³-hybridized carbons (Fsp3) is 1.00. The topological polar surface area (TPSA) is 20.2 Å². The Morgan fingerprint density at radius 3 is 2.50 bits per heavy atom. The van der Waals surface area contributed by atoms with E-state index >= 15 is 0 Å². The maximum atomic E-state index is 10.3. The average molecular weight is 222 g/mol. The Balaban J connectivity index is 1.93. The molecule has 0 aromatic carbocycles. The fourth-order valence-corrected chi connectivity index (χ4v) is 5.26. The highest BCUT2D eigenvalue weighted by molar-refractivity contribution is 5.13. The molecule has 0 bridgehead atoms. The predicted molar refractivity (Wildman–Crippen MR) is 65.9 cm³/mol. The Labute approximate surface area is 99.6 Å². The van der Waals surface area contributed by atoms with Crippen LogP contribution in [0.1, 0.15) is 47.0 Å². The van der Waals surface area contributed by atoms with Gasteiger partial charge >= 0.3 is 0 Å². The van der Waals surface area contributed by atoms with Crippen molar-refractivity contribution < 1.29 is 5.11 Å². The van der Waals surface area contributed by atoms with Crippen LogP contribution in [0.25, 0.3) is 0 Å². The summed E-state index contributed by atoms with van der Waals surface area (Å²) in [6.07, 6.45) is 3.79. The van der Waals surface area contributed by atoms with Crippen LogP contribution in [-0.4, -0.2) is 11.2 Å². The van der Waals surface area contributed by atoms with Gasteiger partial charge in [0, 0.05) is 0 Å². The van der Waals surface area contributed by atoms with E-state index in [1.165, 1.54) is 12.8 Å². The van der Waals surface area contributed by atoms with Crippen LogP contribution in [0.15, 0.2) is 0 Å². The molecule has 0 amide bonds. The van der Waals surface area contributed by atoms with Crippen molar-refractivity contribution in [2.45, 2.75) is 53.1 Å². The Hall–Kier alpha value is -0.0400. The number of hydrogen-bond donors (Lipinski definition) is 1. The van der Waals surface area contributed by atoms with E-state index in [-0.39, 0.29) is 6.10 Å². The maximum absolute atomic E-state index is 10.3. The average Bonchev–Trinajstić information content (AvgIpc) is 2.58. The number of aliphatic hydroxyl groups is 1. The molecule has 0 saturated heterocycles. The maximum Gasteiger partial charge on any atom is 0.0571 e. The van der Waals surface area contributed by atoms with Gasteiger partial charge < -0.3 is 5.11 Å². The molecule has 0 unspecified atom stereocenters. The molecule has 3 aliphatic carbocycles. The highest BCUT2D eigenvalue weighted by Crippen LogP contribution is 2.70. The molecule has 0 heterocycles. The van der Waals surface area contributed by atoms with Gasteiger partial charge in [-0.3, -0.25) is 0 Å². The molecular formula is C15H26O. The first-order valence-corrected chi connectivity index (χ1v) is 7.12. The van der Waals surface area contributed by atoms with Gasteiger partial charge in [0.1, 0.15) is 0 Å². The van der Waals surface area contributed by atoms with Crippen molar-refractivity contribution in [1.82, 2.24) is 0 Å². The van der Waals surface area contributed by atoms with Gasteiger partial charge in [0.15, 0.2) is 0 Å². The summed E-state index contributed by atoms with van der Waals surface area (Å²) in [7, 11) is 0. The molecule has 7 atom stereocenters. The summed E-state index contributed by atoms with van der Waals surface area (Å²) in [4.78, 5) is 0. The third-order valence-electron chi connectivity index (χ3n) is 6.44. The van der Waals surface area contributed by atoms with Gasteiger partial charge in [0.05, 0.1) is 6.10 Å². The van der Waals surface area contributed by atoms with Crippen LogP contribution in [0.2, 0.25) is 0 Å². The number of aliphatic hydroxyl groups excluding tert-OH is 1. The molecule has 1 nitrogen and oxygen atoms in total. The zero-order valence-electron chi connectivity index (χ0n) is 11.1. The Kier molecular flexibility index (Phi) is 2.25. The lowest BCUT2D eigenvalue weighted by atomic mass is 9.76. The Morgan fingerprint density at radius 2 is 1.81 bits per heavy atom. The highest BCUT2D eigenvalue weighted by atomic mass is 16.3. The van der Waals surface area contributed by atoms with E-state index < -0.39 is 0 Å². The van der Waals surface area contributed by atoms with Gasteiger partial charge in [-0.2, -0.15) is 0 Å². The summed E-state index contributed by atoms with van der Waals surface area (Å²) in [5.41, 5.74) is 0.517. The first kappa shape index (κ1) is 11.1. The fourth-order valence-electron chi connectivity index (χ4n) is 5.26. The largest absolute Gasteiger partial charge is 0.393 e. The third-order valence-corrected chi connectivity index (χ3v) is 6.44. The Bertz CT molecular complexity index is 294. The quantitative estimate of drug-likeness (QED) is 0.666. The van der Waals surface area contributed by atoms with Crippen LogP contribution in [0.3, 0.4) is 0 Å².